The summed E-state index contributed by atoms with van der Waals surface area (Å²) in [6, 6.07) is 11.2. The van der Waals surface area contributed by atoms with Gasteiger partial charge in [-0.1, -0.05) is 18.2 Å². The summed E-state index contributed by atoms with van der Waals surface area (Å²) in [5.41, 5.74) is 1.81. The number of benzene rings is 1. The number of hydrogen-bond acceptors (Lipinski definition) is 6. The van der Waals surface area contributed by atoms with Crippen molar-refractivity contribution in [2.75, 3.05) is 61.8 Å². The molecule has 2 aromatic rings. The van der Waals surface area contributed by atoms with Crippen molar-refractivity contribution in [3.63, 3.8) is 0 Å². The van der Waals surface area contributed by atoms with E-state index in [0.29, 0.717) is 49.8 Å². The normalized spacial score (nSPS) is 16.3. The number of para-hydroxylation sites is 1. The average molecular weight is 408 g/mol. The Morgan fingerprint density at radius 2 is 1.87 bits per heavy atom. The SMILES string of the molecule is CN(C(=O)CN1CCN(C(=O)c2cnc3c(c2)NC(=O)CN3)CC1)c1ccccc1. The van der Waals surface area contributed by atoms with Gasteiger partial charge in [-0.2, -0.15) is 0 Å². The smallest absolute Gasteiger partial charge is 0.255 e. The van der Waals surface area contributed by atoms with E-state index in [1.807, 2.05) is 30.3 Å². The van der Waals surface area contributed by atoms with Crippen LogP contribution in [0.5, 0.6) is 0 Å². The van der Waals surface area contributed by atoms with Crippen LogP contribution in [0.25, 0.3) is 0 Å². The molecule has 3 amide bonds. The molecular formula is C21H24N6O3. The lowest BCUT2D eigenvalue weighted by Crippen LogP contribution is -2.51. The second kappa shape index (κ2) is 8.50. The Bertz CT molecular complexity index is 956. The molecule has 1 fully saturated rings. The van der Waals surface area contributed by atoms with E-state index < -0.39 is 0 Å². The predicted molar refractivity (Wildman–Crippen MR) is 114 cm³/mol. The molecular weight excluding hydrogens is 384 g/mol. The van der Waals surface area contributed by atoms with Crippen LogP contribution >= 0.6 is 0 Å². The molecule has 2 N–H and O–H groups in total. The molecule has 0 unspecified atom stereocenters. The number of likely N-dealkylation sites (N-methyl/N-ethyl adjacent to an activating group) is 1. The van der Waals surface area contributed by atoms with Gasteiger partial charge in [-0.05, 0) is 18.2 Å². The number of nitrogens with zero attached hydrogens (tertiary/aromatic N) is 4. The summed E-state index contributed by atoms with van der Waals surface area (Å²) >= 11 is 0. The zero-order chi connectivity index (χ0) is 21.1. The Kier molecular flexibility index (Phi) is 5.62. The number of pyridine rings is 1. The maximum absolute atomic E-state index is 12.8. The van der Waals surface area contributed by atoms with E-state index in [9.17, 15) is 14.4 Å². The van der Waals surface area contributed by atoms with Gasteiger partial charge < -0.3 is 20.4 Å². The van der Waals surface area contributed by atoms with Crippen molar-refractivity contribution in [2.24, 2.45) is 0 Å². The van der Waals surface area contributed by atoms with Gasteiger partial charge >= 0.3 is 0 Å². The molecule has 0 spiro atoms. The first-order valence-electron chi connectivity index (χ1n) is 9.88. The third-order valence-electron chi connectivity index (χ3n) is 5.36. The van der Waals surface area contributed by atoms with E-state index in [-0.39, 0.29) is 24.3 Å². The third kappa shape index (κ3) is 4.25. The van der Waals surface area contributed by atoms with Gasteiger partial charge in [0.25, 0.3) is 5.91 Å². The fourth-order valence-corrected chi connectivity index (χ4v) is 3.56. The first-order chi connectivity index (χ1) is 14.5. The zero-order valence-electron chi connectivity index (χ0n) is 16.8. The Morgan fingerprint density at radius 3 is 2.60 bits per heavy atom. The zero-order valence-corrected chi connectivity index (χ0v) is 16.8. The summed E-state index contributed by atoms with van der Waals surface area (Å²) in [6.45, 7) is 2.79. The number of rotatable bonds is 4. The molecule has 30 heavy (non-hydrogen) atoms. The summed E-state index contributed by atoms with van der Waals surface area (Å²) in [7, 11) is 1.77. The van der Waals surface area contributed by atoms with Gasteiger partial charge in [-0.25, -0.2) is 4.98 Å². The van der Waals surface area contributed by atoms with Crippen LogP contribution in [-0.4, -0.2) is 78.8 Å². The number of aromatic nitrogens is 1. The minimum Gasteiger partial charge on any atom is -0.359 e. The van der Waals surface area contributed by atoms with Crippen LogP contribution in [0.1, 0.15) is 10.4 Å². The quantitative estimate of drug-likeness (QED) is 0.779. The second-order valence-corrected chi connectivity index (χ2v) is 7.38. The molecule has 9 nitrogen and oxygen atoms in total. The topological polar surface area (TPSA) is 97.9 Å². The molecule has 0 aliphatic carbocycles. The van der Waals surface area contributed by atoms with Crippen LogP contribution < -0.4 is 15.5 Å². The number of carbonyl (C=O) groups is 3. The number of amides is 3. The predicted octanol–water partition coefficient (Wildman–Crippen LogP) is 0.866. The molecule has 156 valence electrons. The van der Waals surface area contributed by atoms with Gasteiger partial charge in [-0.3, -0.25) is 19.3 Å². The van der Waals surface area contributed by atoms with Crippen molar-refractivity contribution < 1.29 is 14.4 Å². The first-order valence-corrected chi connectivity index (χ1v) is 9.88. The fourth-order valence-electron chi connectivity index (χ4n) is 3.56. The third-order valence-corrected chi connectivity index (χ3v) is 5.36. The van der Waals surface area contributed by atoms with E-state index in [4.69, 9.17) is 0 Å². The fraction of sp³-hybridized carbons (Fsp3) is 0.333. The Labute approximate surface area is 174 Å². The lowest BCUT2D eigenvalue weighted by atomic mass is 10.2. The molecule has 0 radical (unpaired) electrons. The maximum atomic E-state index is 12.8. The summed E-state index contributed by atoms with van der Waals surface area (Å²) in [6.07, 6.45) is 1.52. The van der Waals surface area contributed by atoms with Crippen molar-refractivity contribution in [3.05, 3.63) is 48.2 Å². The lowest BCUT2D eigenvalue weighted by molar-refractivity contribution is -0.119. The maximum Gasteiger partial charge on any atom is 0.255 e. The Hall–Kier alpha value is -3.46. The van der Waals surface area contributed by atoms with Gasteiger partial charge in [0.1, 0.15) is 5.82 Å². The molecule has 1 aromatic carbocycles. The minimum absolute atomic E-state index is 0.0168. The number of fused-ring (bicyclic) bond motifs is 1. The minimum atomic E-state index is -0.160. The van der Waals surface area contributed by atoms with E-state index >= 15 is 0 Å². The van der Waals surface area contributed by atoms with E-state index in [1.165, 1.54) is 6.20 Å². The van der Waals surface area contributed by atoms with Crippen molar-refractivity contribution in [3.8, 4) is 0 Å². The number of carbonyl (C=O) groups excluding carboxylic acids is 3. The van der Waals surface area contributed by atoms with Gasteiger partial charge in [0.2, 0.25) is 11.8 Å². The van der Waals surface area contributed by atoms with Gasteiger partial charge in [0, 0.05) is 45.1 Å². The largest absolute Gasteiger partial charge is 0.359 e. The molecule has 0 saturated carbocycles. The highest BCUT2D eigenvalue weighted by Gasteiger charge is 2.26. The molecule has 0 bridgehead atoms. The monoisotopic (exact) mass is 408 g/mol. The summed E-state index contributed by atoms with van der Waals surface area (Å²) in [5, 5.41) is 5.64. The van der Waals surface area contributed by atoms with Gasteiger partial charge in [0.15, 0.2) is 0 Å². The summed E-state index contributed by atoms with van der Waals surface area (Å²) < 4.78 is 0. The van der Waals surface area contributed by atoms with Crippen LogP contribution in [-0.2, 0) is 9.59 Å². The summed E-state index contributed by atoms with van der Waals surface area (Å²) in [4.78, 5) is 46.7. The standard InChI is InChI=1S/C21H24N6O3/c1-25(16-5-3-2-4-6-16)19(29)14-26-7-9-27(10-8-26)21(30)15-11-17-20(22-12-15)23-13-18(28)24-17/h2-6,11-12H,7-10,13-14H2,1H3,(H,22,23)(H,24,28). The molecule has 1 saturated heterocycles. The van der Waals surface area contributed by atoms with Crippen LogP contribution in [0.3, 0.4) is 0 Å². The number of piperazine rings is 1. The molecule has 9 heteroatoms. The van der Waals surface area contributed by atoms with Gasteiger partial charge in [-0.15, -0.1) is 0 Å². The highest BCUT2D eigenvalue weighted by Crippen LogP contribution is 2.23. The molecule has 1 aromatic heterocycles. The highest BCUT2D eigenvalue weighted by atomic mass is 16.2. The number of hydrogen-bond donors (Lipinski definition) is 2. The number of anilines is 3. The highest BCUT2D eigenvalue weighted by molar-refractivity contribution is 6.02. The molecule has 4 rings (SSSR count). The van der Waals surface area contributed by atoms with Crippen molar-refractivity contribution in [1.29, 1.82) is 0 Å². The Balaban J connectivity index is 1.32. The van der Waals surface area contributed by atoms with Crippen molar-refractivity contribution in [1.82, 2.24) is 14.8 Å². The van der Waals surface area contributed by atoms with E-state index in [2.05, 4.69) is 20.5 Å². The van der Waals surface area contributed by atoms with Crippen LogP contribution in [0.2, 0.25) is 0 Å². The van der Waals surface area contributed by atoms with Crippen molar-refractivity contribution >= 4 is 34.9 Å². The lowest BCUT2D eigenvalue weighted by Gasteiger charge is -2.35. The van der Waals surface area contributed by atoms with Gasteiger partial charge in [0.05, 0.1) is 24.3 Å². The van der Waals surface area contributed by atoms with E-state index in [0.717, 1.165) is 5.69 Å². The molecule has 2 aliphatic rings. The Morgan fingerprint density at radius 1 is 1.13 bits per heavy atom. The average Bonchev–Trinajstić information content (AvgIpc) is 2.78. The summed E-state index contributed by atoms with van der Waals surface area (Å²) in [5.74, 6) is 0.297. The molecule has 3 heterocycles. The molecule has 2 aliphatic heterocycles. The van der Waals surface area contributed by atoms with E-state index in [1.54, 1.807) is 22.9 Å². The first kappa shape index (κ1) is 19.8. The van der Waals surface area contributed by atoms with Crippen LogP contribution in [0, 0.1) is 0 Å². The molecule has 0 atom stereocenters. The second-order valence-electron chi connectivity index (χ2n) is 7.38. The van der Waals surface area contributed by atoms with Crippen molar-refractivity contribution in [2.45, 2.75) is 0 Å². The van der Waals surface area contributed by atoms with Crippen LogP contribution in [0.4, 0.5) is 17.2 Å². The van der Waals surface area contributed by atoms with Crippen LogP contribution in [0.15, 0.2) is 42.6 Å². The number of nitrogens with one attached hydrogen (secondary N) is 2.